The fourth-order valence-electron chi connectivity index (χ4n) is 3.85. The van der Waals surface area contributed by atoms with E-state index in [-0.39, 0.29) is 23.4 Å². The quantitative estimate of drug-likeness (QED) is 0.463. The summed E-state index contributed by atoms with van der Waals surface area (Å²) in [5.41, 5.74) is 4.22. The molecule has 180 valence electrons. The average Bonchev–Trinajstić information content (AvgIpc) is 2.81. The van der Waals surface area contributed by atoms with Crippen LogP contribution in [0, 0.1) is 20.8 Å². The third-order valence-electron chi connectivity index (χ3n) is 5.75. The SMILES string of the molecule is CC[C@@H](NC(=O)CN(c1cccc(C)c1)S(=O)(=O)c1ccc(C)cc1)c1ccc(OC)c(C)c1. The van der Waals surface area contributed by atoms with E-state index < -0.39 is 10.0 Å². The van der Waals surface area contributed by atoms with Gasteiger partial charge in [0.2, 0.25) is 5.91 Å². The topological polar surface area (TPSA) is 75.7 Å². The molecule has 0 spiro atoms. The van der Waals surface area contributed by atoms with Gasteiger partial charge in [-0.15, -0.1) is 0 Å². The van der Waals surface area contributed by atoms with Crippen molar-refractivity contribution in [3.05, 3.63) is 89.0 Å². The summed E-state index contributed by atoms with van der Waals surface area (Å²) < 4.78 is 33.6. The van der Waals surface area contributed by atoms with Gasteiger partial charge in [-0.2, -0.15) is 0 Å². The highest BCUT2D eigenvalue weighted by Crippen LogP contribution is 2.26. The van der Waals surface area contributed by atoms with E-state index in [1.54, 1.807) is 49.6 Å². The van der Waals surface area contributed by atoms with Crippen LogP contribution in [0.25, 0.3) is 0 Å². The van der Waals surface area contributed by atoms with Crippen LogP contribution in [0.4, 0.5) is 5.69 Å². The summed E-state index contributed by atoms with van der Waals surface area (Å²) in [5.74, 6) is 0.400. The second-order valence-electron chi connectivity index (χ2n) is 8.42. The highest BCUT2D eigenvalue weighted by molar-refractivity contribution is 7.92. The Labute approximate surface area is 202 Å². The number of anilines is 1. The number of hydrogen-bond donors (Lipinski definition) is 1. The van der Waals surface area contributed by atoms with Crippen LogP contribution in [-0.4, -0.2) is 28.0 Å². The minimum Gasteiger partial charge on any atom is -0.496 e. The van der Waals surface area contributed by atoms with E-state index in [0.29, 0.717) is 12.1 Å². The van der Waals surface area contributed by atoms with Crippen LogP contribution in [0.1, 0.15) is 41.6 Å². The van der Waals surface area contributed by atoms with Crippen molar-refractivity contribution in [1.82, 2.24) is 5.32 Å². The molecule has 3 rings (SSSR count). The van der Waals surface area contributed by atoms with Gasteiger partial charge in [-0.3, -0.25) is 9.10 Å². The van der Waals surface area contributed by atoms with Crippen LogP contribution in [0.3, 0.4) is 0 Å². The van der Waals surface area contributed by atoms with Gasteiger partial charge < -0.3 is 10.1 Å². The molecule has 0 aliphatic heterocycles. The Hall–Kier alpha value is -3.32. The van der Waals surface area contributed by atoms with Crippen LogP contribution in [0.15, 0.2) is 71.6 Å². The molecule has 0 heterocycles. The molecule has 0 aliphatic carbocycles. The molecular weight excluding hydrogens is 448 g/mol. The Balaban J connectivity index is 1.90. The monoisotopic (exact) mass is 480 g/mol. The predicted molar refractivity (Wildman–Crippen MR) is 136 cm³/mol. The third kappa shape index (κ3) is 5.78. The van der Waals surface area contributed by atoms with Crippen molar-refractivity contribution in [2.24, 2.45) is 0 Å². The number of benzene rings is 3. The summed E-state index contributed by atoms with van der Waals surface area (Å²) in [5, 5.41) is 3.01. The largest absolute Gasteiger partial charge is 0.496 e. The van der Waals surface area contributed by atoms with Gasteiger partial charge in [-0.05, 0) is 74.2 Å². The van der Waals surface area contributed by atoms with Crippen LogP contribution >= 0.6 is 0 Å². The second-order valence-corrected chi connectivity index (χ2v) is 10.3. The zero-order chi connectivity index (χ0) is 24.9. The van der Waals surface area contributed by atoms with Crippen molar-refractivity contribution in [3.63, 3.8) is 0 Å². The van der Waals surface area contributed by atoms with Gasteiger partial charge in [0.25, 0.3) is 10.0 Å². The van der Waals surface area contributed by atoms with E-state index in [4.69, 9.17) is 4.74 Å². The smallest absolute Gasteiger partial charge is 0.264 e. The molecule has 1 amide bonds. The van der Waals surface area contributed by atoms with Crippen molar-refractivity contribution in [2.75, 3.05) is 18.0 Å². The predicted octanol–water partition coefficient (Wildman–Crippen LogP) is 5.08. The molecule has 6 nitrogen and oxygen atoms in total. The zero-order valence-corrected chi connectivity index (χ0v) is 21.1. The van der Waals surface area contributed by atoms with Gasteiger partial charge in [0.15, 0.2) is 0 Å². The molecule has 0 aliphatic rings. The maximum Gasteiger partial charge on any atom is 0.264 e. The van der Waals surface area contributed by atoms with E-state index in [1.807, 2.05) is 52.0 Å². The molecule has 3 aromatic rings. The summed E-state index contributed by atoms with van der Waals surface area (Å²) in [7, 11) is -2.33. The van der Waals surface area contributed by atoms with Gasteiger partial charge in [-0.25, -0.2) is 8.42 Å². The first kappa shape index (κ1) is 25.3. The number of hydrogen-bond acceptors (Lipinski definition) is 4. The Morgan fingerprint density at radius 1 is 0.971 bits per heavy atom. The Morgan fingerprint density at radius 3 is 2.26 bits per heavy atom. The highest BCUT2D eigenvalue weighted by Gasteiger charge is 2.28. The molecule has 0 radical (unpaired) electrons. The van der Waals surface area contributed by atoms with E-state index in [0.717, 1.165) is 28.0 Å². The Morgan fingerprint density at radius 2 is 1.68 bits per heavy atom. The first-order valence-electron chi connectivity index (χ1n) is 11.3. The van der Waals surface area contributed by atoms with Crippen molar-refractivity contribution < 1.29 is 17.9 Å². The van der Waals surface area contributed by atoms with Gasteiger partial charge in [0.1, 0.15) is 12.3 Å². The van der Waals surface area contributed by atoms with Gasteiger partial charge in [0.05, 0.1) is 23.7 Å². The summed E-state index contributed by atoms with van der Waals surface area (Å²) in [6, 6.07) is 19.3. The lowest BCUT2D eigenvalue weighted by Crippen LogP contribution is -2.42. The van der Waals surface area contributed by atoms with Crippen LogP contribution in [0.2, 0.25) is 0 Å². The number of carbonyl (C=O) groups excluding carboxylic acids is 1. The lowest BCUT2D eigenvalue weighted by atomic mass is 10.0. The second kappa shape index (κ2) is 10.7. The normalized spacial score (nSPS) is 12.1. The number of sulfonamides is 1. The molecule has 0 bridgehead atoms. The summed E-state index contributed by atoms with van der Waals surface area (Å²) in [6.07, 6.45) is 0.659. The number of amides is 1. The minimum absolute atomic E-state index is 0.144. The average molecular weight is 481 g/mol. The molecule has 1 N–H and O–H groups in total. The van der Waals surface area contributed by atoms with Gasteiger partial charge in [-0.1, -0.05) is 48.9 Å². The first-order chi connectivity index (χ1) is 16.1. The summed E-state index contributed by atoms with van der Waals surface area (Å²) in [4.78, 5) is 13.3. The van der Waals surface area contributed by atoms with E-state index in [1.165, 1.54) is 4.31 Å². The van der Waals surface area contributed by atoms with Crippen molar-refractivity contribution in [2.45, 2.75) is 45.1 Å². The molecule has 7 heteroatoms. The van der Waals surface area contributed by atoms with Crippen LogP contribution < -0.4 is 14.4 Å². The molecule has 0 fully saturated rings. The van der Waals surface area contributed by atoms with E-state index in [9.17, 15) is 13.2 Å². The number of rotatable bonds is 9. The molecule has 0 saturated heterocycles. The number of ether oxygens (including phenoxy) is 1. The fraction of sp³-hybridized carbons (Fsp3) is 0.296. The van der Waals surface area contributed by atoms with Crippen molar-refractivity contribution >= 4 is 21.6 Å². The number of methoxy groups -OCH3 is 1. The van der Waals surface area contributed by atoms with Crippen LogP contribution in [0.5, 0.6) is 5.75 Å². The number of aryl methyl sites for hydroxylation is 3. The molecule has 0 saturated carbocycles. The molecule has 34 heavy (non-hydrogen) atoms. The van der Waals surface area contributed by atoms with E-state index in [2.05, 4.69) is 5.32 Å². The molecule has 0 aromatic heterocycles. The Bertz CT molecular complexity index is 1250. The fourth-order valence-corrected chi connectivity index (χ4v) is 5.26. The van der Waals surface area contributed by atoms with Crippen molar-refractivity contribution in [1.29, 1.82) is 0 Å². The third-order valence-corrected chi connectivity index (χ3v) is 7.54. The molecule has 0 unspecified atom stereocenters. The minimum atomic E-state index is -3.95. The molecular formula is C27H32N2O4S. The maximum atomic E-state index is 13.6. The summed E-state index contributed by atoms with van der Waals surface area (Å²) in [6.45, 7) is 7.38. The maximum absolute atomic E-state index is 13.6. The number of nitrogens with one attached hydrogen (secondary N) is 1. The lowest BCUT2D eigenvalue weighted by Gasteiger charge is -2.26. The van der Waals surface area contributed by atoms with Gasteiger partial charge in [0, 0.05) is 0 Å². The zero-order valence-electron chi connectivity index (χ0n) is 20.3. The highest BCUT2D eigenvalue weighted by atomic mass is 32.2. The van der Waals surface area contributed by atoms with Gasteiger partial charge >= 0.3 is 0 Å². The van der Waals surface area contributed by atoms with Crippen LogP contribution in [-0.2, 0) is 14.8 Å². The first-order valence-corrected chi connectivity index (χ1v) is 12.7. The summed E-state index contributed by atoms with van der Waals surface area (Å²) >= 11 is 0. The Kier molecular flexibility index (Phi) is 7.99. The van der Waals surface area contributed by atoms with Crippen molar-refractivity contribution in [3.8, 4) is 5.75 Å². The lowest BCUT2D eigenvalue weighted by molar-refractivity contribution is -0.120. The standard InChI is InChI=1S/C27H32N2O4S/c1-6-25(22-12-15-26(33-5)21(4)17-22)28-27(30)18-29(23-9-7-8-20(3)16-23)34(31,32)24-13-10-19(2)11-14-24/h7-17,25H,6,18H2,1-5H3,(H,28,30)/t25-/m1/s1. The molecule has 1 atom stereocenters. The number of nitrogens with zero attached hydrogens (tertiary/aromatic N) is 1. The van der Waals surface area contributed by atoms with E-state index >= 15 is 0 Å². The molecule has 3 aromatic carbocycles. The number of carbonyl (C=O) groups is 1.